The summed E-state index contributed by atoms with van der Waals surface area (Å²) in [6.45, 7) is 25.6. The number of hydrogen-bond donors (Lipinski definition) is 0. The summed E-state index contributed by atoms with van der Waals surface area (Å²) < 4.78 is 2.54. The molecular formula is C46H52O2Se. The number of hydrogen-bond acceptors (Lipinski definition) is 2. The van der Waals surface area contributed by atoms with Gasteiger partial charge in [0.1, 0.15) is 0 Å². The number of benzene rings is 2. The first-order valence-corrected chi connectivity index (χ1v) is 19.1. The van der Waals surface area contributed by atoms with Crippen LogP contribution in [-0.2, 0) is 9.59 Å². The van der Waals surface area contributed by atoms with Crippen molar-refractivity contribution in [3.05, 3.63) is 151 Å². The Morgan fingerprint density at radius 2 is 0.673 bits per heavy atom. The molecule has 0 saturated carbocycles. The predicted molar refractivity (Wildman–Crippen MR) is 208 cm³/mol. The van der Waals surface area contributed by atoms with Crippen molar-refractivity contribution >= 4 is 37.2 Å². The molecule has 2 aromatic carbocycles. The Bertz CT molecular complexity index is 1760. The number of carbonyl (C=O) groups is 2. The standard InChI is InChI=1S/C46H52O2Se/c1-43(2,3)33-25-31(26-34(41(33)47)44(4,5)6)39(29-19-15-13-16-20-29)37-23-24-38(49-37)40(30-21-17-14-18-22-30)32-27-35(45(7,8)9)42(48)36(28-32)46(10,11)12/h13-28H,1-12H3. The molecule has 5 rings (SSSR count). The van der Waals surface area contributed by atoms with E-state index >= 15 is 0 Å². The van der Waals surface area contributed by atoms with Crippen LogP contribution in [0, 0.1) is 21.7 Å². The van der Waals surface area contributed by atoms with Crippen molar-refractivity contribution in [2.75, 3.05) is 0 Å². The minimum absolute atomic E-state index is 0.0593. The summed E-state index contributed by atoms with van der Waals surface area (Å²) in [5, 5.41) is 0. The molecule has 2 aliphatic rings. The van der Waals surface area contributed by atoms with Gasteiger partial charge < -0.3 is 0 Å². The van der Waals surface area contributed by atoms with E-state index < -0.39 is 0 Å². The zero-order valence-corrected chi connectivity index (χ0v) is 33.2. The third-order valence-corrected chi connectivity index (χ3v) is 11.6. The Balaban J connectivity index is 1.85. The van der Waals surface area contributed by atoms with Gasteiger partial charge in [-0.2, -0.15) is 0 Å². The maximum absolute atomic E-state index is 13.9. The number of carbonyl (C=O) groups excluding carboxylic acids is 2. The Morgan fingerprint density at radius 3 is 0.918 bits per heavy atom. The van der Waals surface area contributed by atoms with Gasteiger partial charge in [-0.1, -0.05) is 0 Å². The molecule has 0 N–H and O–H groups in total. The number of ketones is 2. The van der Waals surface area contributed by atoms with Gasteiger partial charge in [0, 0.05) is 0 Å². The molecule has 49 heavy (non-hydrogen) atoms. The molecule has 254 valence electrons. The van der Waals surface area contributed by atoms with Crippen molar-refractivity contribution in [1.29, 1.82) is 0 Å². The third kappa shape index (κ3) is 7.69. The second-order valence-corrected chi connectivity index (χ2v) is 19.7. The van der Waals surface area contributed by atoms with E-state index in [0.717, 1.165) is 44.6 Å². The van der Waals surface area contributed by atoms with Crippen LogP contribution in [0.1, 0.15) is 103 Å². The molecule has 0 spiro atoms. The van der Waals surface area contributed by atoms with Crippen LogP contribution in [0.4, 0.5) is 0 Å². The maximum atomic E-state index is 13.9. The molecular weight excluding hydrogens is 663 g/mol. The first-order chi connectivity index (χ1) is 22.7. The van der Waals surface area contributed by atoms with Crippen molar-refractivity contribution in [2.45, 2.75) is 83.1 Å². The van der Waals surface area contributed by atoms with Crippen LogP contribution in [-0.4, -0.2) is 26.1 Å². The molecule has 2 aliphatic carbocycles. The molecule has 0 radical (unpaired) electrons. The van der Waals surface area contributed by atoms with E-state index in [1.54, 1.807) is 0 Å². The van der Waals surface area contributed by atoms with Crippen molar-refractivity contribution in [2.24, 2.45) is 21.7 Å². The van der Waals surface area contributed by atoms with Crippen LogP contribution < -0.4 is 0 Å². The summed E-state index contributed by atoms with van der Waals surface area (Å²) in [4.78, 5) is 27.8. The molecule has 0 atom stereocenters. The molecule has 1 heterocycles. The Morgan fingerprint density at radius 1 is 0.408 bits per heavy atom. The van der Waals surface area contributed by atoms with Crippen molar-refractivity contribution in [1.82, 2.24) is 0 Å². The van der Waals surface area contributed by atoms with Gasteiger partial charge in [-0.3, -0.25) is 0 Å². The number of rotatable bonds is 4. The summed E-state index contributed by atoms with van der Waals surface area (Å²) in [7, 11) is 0. The molecule has 1 aromatic heterocycles. The SMILES string of the molecule is CC(C)(C)C1=CC(=C(c2ccccc2)c2ccc(C(=C3C=C(C(C)(C)C)C(=O)C(C(C)(C)C)=C3)c3ccccc3)[se]2)C=C(C(C)(C)C)C1=O. The van der Waals surface area contributed by atoms with Crippen molar-refractivity contribution in [3.63, 3.8) is 0 Å². The first kappa shape index (κ1) is 36.5. The molecule has 0 saturated heterocycles. The minimum atomic E-state index is -0.301. The van der Waals surface area contributed by atoms with Crippen LogP contribution >= 0.6 is 0 Å². The van der Waals surface area contributed by atoms with Gasteiger partial charge in [0.25, 0.3) is 0 Å². The van der Waals surface area contributed by atoms with Crippen LogP contribution in [0.2, 0.25) is 0 Å². The molecule has 0 amide bonds. The van der Waals surface area contributed by atoms with Crippen LogP contribution in [0.3, 0.4) is 0 Å². The quantitative estimate of drug-likeness (QED) is 0.252. The van der Waals surface area contributed by atoms with Crippen molar-refractivity contribution in [3.8, 4) is 0 Å². The average Bonchev–Trinajstić information content (AvgIpc) is 3.46. The van der Waals surface area contributed by atoms with Crippen LogP contribution in [0.15, 0.2) is 131 Å². The molecule has 0 unspecified atom stereocenters. The molecule has 3 aromatic rings. The molecule has 3 heteroatoms. The van der Waals surface area contributed by atoms with E-state index in [4.69, 9.17) is 0 Å². The molecule has 0 bridgehead atoms. The van der Waals surface area contributed by atoms with Gasteiger partial charge in [-0.25, -0.2) is 0 Å². The van der Waals surface area contributed by atoms with Gasteiger partial charge in [-0.15, -0.1) is 0 Å². The molecule has 2 nitrogen and oxygen atoms in total. The van der Waals surface area contributed by atoms with Gasteiger partial charge in [0.15, 0.2) is 0 Å². The summed E-state index contributed by atoms with van der Waals surface area (Å²) in [5.74, 6) is 0.290. The first-order valence-electron chi connectivity index (χ1n) is 17.4. The summed E-state index contributed by atoms with van der Waals surface area (Å²) in [6, 6.07) is 25.8. The summed E-state index contributed by atoms with van der Waals surface area (Å²) >= 11 is -0.0593. The predicted octanol–water partition coefficient (Wildman–Crippen LogP) is 11.4. The fourth-order valence-electron chi connectivity index (χ4n) is 6.49. The van der Waals surface area contributed by atoms with E-state index in [-0.39, 0.29) is 47.7 Å². The van der Waals surface area contributed by atoms with Crippen molar-refractivity contribution < 1.29 is 9.59 Å². The molecule has 0 aliphatic heterocycles. The van der Waals surface area contributed by atoms with E-state index in [9.17, 15) is 9.59 Å². The van der Waals surface area contributed by atoms with Gasteiger partial charge in [0.2, 0.25) is 0 Å². The van der Waals surface area contributed by atoms with Gasteiger partial charge in [-0.05, 0) is 0 Å². The topological polar surface area (TPSA) is 34.1 Å². The second-order valence-electron chi connectivity index (χ2n) is 17.4. The average molecular weight is 716 g/mol. The third-order valence-electron chi connectivity index (χ3n) is 9.21. The van der Waals surface area contributed by atoms with E-state index in [2.05, 4.69) is 180 Å². The Kier molecular flexibility index (Phi) is 9.80. The van der Waals surface area contributed by atoms with Gasteiger partial charge >= 0.3 is 302 Å². The van der Waals surface area contributed by atoms with Crippen LogP contribution in [0.25, 0.3) is 11.1 Å². The number of Topliss-reactive ketones (excluding diaryl/α,β-unsaturated/α-hetero) is 2. The fraction of sp³-hybridized carbons (Fsp3) is 0.348. The summed E-state index contributed by atoms with van der Waals surface area (Å²) in [5.41, 5.74) is 9.01. The molecule has 0 fully saturated rings. The normalized spacial score (nSPS) is 16.2. The fourth-order valence-corrected chi connectivity index (χ4v) is 8.98. The van der Waals surface area contributed by atoms with E-state index in [0.29, 0.717) is 0 Å². The van der Waals surface area contributed by atoms with Crippen LogP contribution in [0.5, 0.6) is 0 Å². The zero-order valence-electron chi connectivity index (χ0n) is 31.5. The second kappa shape index (κ2) is 13.2. The Hall–Kier alpha value is -3.78. The monoisotopic (exact) mass is 716 g/mol. The number of allylic oxidation sites excluding steroid dienone is 10. The van der Waals surface area contributed by atoms with E-state index in [1.165, 1.54) is 20.0 Å². The van der Waals surface area contributed by atoms with E-state index in [1.807, 2.05) is 0 Å². The Labute approximate surface area is 300 Å². The summed E-state index contributed by atoms with van der Waals surface area (Å²) in [6.07, 6.45) is 8.59. The van der Waals surface area contributed by atoms with Gasteiger partial charge in [0.05, 0.1) is 0 Å². The zero-order chi connectivity index (χ0) is 36.1.